The SMILES string of the molecule is Cn1cc(Cl)c(COc2ccc3nc([C@H]4CCCC[C@H]4C(=O)O)n(Cc4ccc(Br)cc4)c3c2)n1. The monoisotopic (exact) mass is 556 g/mol. The number of imidazole rings is 1. The molecule has 0 aliphatic heterocycles. The third-order valence-corrected chi connectivity index (χ3v) is 7.49. The van der Waals surface area contributed by atoms with Gasteiger partial charge >= 0.3 is 5.97 Å². The number of hydrogen-bond donors (Lipinski definition) is 1. The topological polar surface area (TPSA) is 82.2 Å². The number of carboxylic acids is 1. The van der Waals surface area contributed by atoms with Crippen molar-refractivity contribution in [2.75, 3.05) is 0 Å². The van der Waals surface area contributed by atoms with Crippen LogP contribution in [0.2, 0.25) is 5.02 Å². The molecule has 1 aliphatic rings. The average molecular weight is 558 g/mol. The second kappa shape index (κ2) is 10.0. The molecule has 35 heavy (non-hydrogen) atoms. The molecule has 182 valence electrons. The van der Waals surface area contributed by atoms with E-state index < -0.39 is 11.9 Å². The van der Waals surface area contributed by atoms with E-state index in [2.05, 4.69) is 37.7 Å². The molecular formula is C26H26BrClN4O3. The van der Waals surface area contributed by atoms with Crippen LogP contribution in [0.1, 0.15) is 48.7 Å². The number of rotatable bonds is 7. The van der Waals surface area contributed by atoms with E-state index in [9.17, 15) is 9.90 Å². The molecular weight excluding hydrogens is 532 g/mol. The standard InChI is InChI=1S/C26H26BrClN4O3/c1-31-14-21(28)23(30-31)15-35-18-10-11-22-24(12-18)32(13-16-6-8-17(27)9-7-16)25(29-22)19-4-2-3-5-20(19)26(33)34/h6-12,14,19-20H,2-5,13,15H2,1H3,(H,33,34)/t19-,20+/m0/s1. The summed E-state index contributed by atoms with van der Waals surface area (Å²) in [5.74, 6) is 0.223. The van der Waals surface area contributed by atoms with E-state index in [-0.39, 0.29) is 12.5 Å². The van der Waals surface area contributed by atoms with Gasteiger partial charge in [-0.15, -0.1) is 0 Å². The van der Waals surface area contributed by atoms with Gasteiger partial charge in [-0.3, -0.25) is 9.48 Å². The van der Waals surface area contributed by atoms with Crippen molar-refractivity contribution < 1.29 is 14.6 Å². The molecule has 9 heteroatoms. The highest BCUT2D eigenvalue weighted by molar-refractivity contribution is 9.10. The van der Waals surface area contributed by atoms with Gasteiger partial charge in [0.25, 0.3) is 0 Å². The second-order valence-electron chi connectivity index (χ2n) is 9.05. The number of carboxylic acid groups (broad SMARTS) is 1. The van der Waals surface area contributed by atoms with Crippen molar-refractivity contribution in [3.05, 3.63) is 75.2 Å². The van der Waals surface area contributed by atoms with Gasteiger partial charge < -0.3 is 14.4 Å². The van der Waals surface area contributed by atoms with Crippen molar-refractivity contribution in [1.29, 1.82) is 0 Å². The van der Waals surface area contributed by atoms with Gasteiger partial charge in [0, 0.05) is 36.2 Å². The molecule has 0 radical (unpaired) electrons. The fraction of sp³-hybridized carbons (Fsp3) is 0.346. The lowest BCUT2D eigenvalue weighted by Gasteiger charge is -2.28. The number of ether oxygens (including phenoxy) is 1. The van der Waals surface area contributed by atoms with Gasteiger partial charge in [-0.2, -0.15) is 5.10 Å². The quantitative estimate of drug-likeness (QED) is 0.294. The molecule has 4 aromatic rings. The minimum absolute atomic E-state index is 0.124. The van der Waals surface area contributed by atoms with Crippen LogP contribution in [-0.2, 0) is 25.0 Å². The molecule has 0 amide bonds. The molecule has 2 atom stereocenters. The van der Waals surface area contributed by atoms with E-state index in [1.165, 1.54) is 0 Å². The van der Waals surface area contributed by atoms with Gasteiger partial charge in [0.2, 0.25) is 0 Å². The number of aromatic nitrogens is 4. The number of aryl methyl sites for hydroxylation is 1. The summed E-state index contributed by atoms with van der Waals surface area (Å²) in [5.41, 5.74) is 3.53. The Labute approximate surface area is 216 Å². The predicted molar refractivity (Wildman–Crippen MR) is 138 cm³/mol. The Morgan fingerprint density at radius 1 is 1.20 bits per heavy atom. The van der Waals surface area contributed by atoms with E-state index in [1.54, 1.807) is 10.9 Å². The summed E-state index contributed by atoms with van der Waals surface area (Å²) in [6.07, 6.45) is 5.19. The highest BCUT2D eigenvalue weighted by Gasteiger charge is 2.35. The molecule has 7 nitrogen and oxygen atoms in total. The minimum Gasteiger partial charge on any atom is -0.487 e. The average Bonchev–Trinajstić information content (AvgIpc) is 3.37. The van der Waals surface area contributed by atoms with Crippen LogP contribution in [0, 0.1) is 5.92 Å². The highest BCUT2D eigenvalue weighted by atomic mass is 79.9. The number of fused-ring (bicyclic) bond motifs is 1. The number of halogens is 2. The molecule has 0 unspecified atom stereocenters. The first-order valence-corrected chi connectivity index (χ1v) is 12.8. The van der Waals surface area contributed by atoms with Gasteiger partial charge in [-0.05, 0) is 42.7 Å². The van der Waals surface area contributed by atoms with E-state index in [0.717, 1.165) is 46.2 Å². The predicted octanol–water partition coefficient (Wildman–Crippen LogP) is 6.17. The van der Waals surface area contributed by atoms with Crippen molar-refractivity contribution in [2.24, 2.45) is 13.0 Å². The van der Waals surface area contributed by atoms with Gasteiger partial charge in [0.15, 0.2) is 0 Å². The first-order chi connectivity index (χ1) is 16.9. The van der Waals surface area contributed by atoms with Crippen molar-refractivity contribution in [3.63, 3.8) is 0 Å². The number of hydrogen-bond acceptors (Lipinski definition) is 4. The van der Waals surface area contributed by atoms with Crippen molar-refractivity contribution >= 4 is 44.5 Å². The third-order valence-electron chi connectivity index (χ3n) is 6.65. The molecule has 0 bridgehead atoms. The van der Waals surface area contributed by atoms with Crippen LogP contribution >= 0.6 is 27.5 Å². The zero-order valence-corrected chi connectivity index (χ0v) is 21.7. The summed E-state index contributed by atoms with van der Waals surface area (Å²) in [6.45, 7) is 0.847. The fourth-order valence-electron chi connectivity index (χ4n) is 4.92. The van der Waals surface area contributed by atoms with E-state index in [4.69, 9.17) is 21.3 Å². The number of benzene rings is 2. The van der Waals surface area contributed by atoms with Gasteiger partial charge in [-0.1, -0.05) is 52.5 Å². The Morgan fingerprint density at radius 3 is 2.69 bits per heavy atom. The highest BCUT2D eigenvalue weighted by Crippen LogP contribution is 2.39. The van der Waals surface area contributed by atoms with Crippen LogP contribution in [-0.4, -0.2) is 30.4 Å². The lowest BCUT2D eigenvalue weighted by atomic mass is 9.78. The first-order valence-electron chi connectivity index (χ1n) is 11.7. The van der Waals surface area contributed by atoms with E-state index >= 15 is 0 Å². The molecule has 2 aromatic carbocycles. The van der Waals surface area contributed by atoms with E-state index in [1.807, 2.05) is 37.4 Å². The van der Waals surface area contributed by atoms with E-state index in [0.29, 0.717) is 29.4 Å². The van der Waals surface area contributed by atoms with Gasteiger partial charge in [-0.25, -0.2) is 4.98 Å². The molecule has 1 aliphatic carbocycles. The molecule has 0 spiro atoms. The Hall–Kier alpha value is -2.84. The Morgan fingerprint density at radius 2 is 1.97 bits per heavy atom. The summed E-state index contributed by atoms with van der Waals surface area (Å²) in [4.78, 5) is 17.0. The van der Waals surface area contributed by atoms with Crippen LogP contribution in [0.3, 0.4) is 0 Å². The molecule has 1 saturated carbocycles. The molecule has 1 fully saturated rings. The summed E-state index contributed by atoms with van der Waals surface area (Å²) in [7, 11) is 1.82. The fourth-order valence-corrected chi connectivity index (χ4v) is 5.42. The van der Waals surface area contributed by atoms with Crippen molar-refractivity contribution in [2.45, 2.75) is 44.8 Å². The molecule has 2 aromatic heterocycles. The van der Waals surface area contributed by atoms with Gasteiger partial charge in [0.05, 0.1) is 22.0 Å². The van der Waals surface area contributed by atoms with Crippen molar-refractivity contribution in [1.82, 2.24) is 19.3 Å². The van der Waals surface area contributed by atoms with Gasteiger partial charge in [0.1, 0.15) is 23.9 Å². The lowest BCUT2D eigenvalue weighted by Crippen LogP contribution is -2.27. The Bertz CT molecular complexity index is 1370. The summed E-state index contributed by atoms with van der Waals surface area (Å²) in [5, 5.41) is 14.8. The number of carbonyl (C=O) groups is 1. The summed E-state index contributed by atoms with van der Waals surface area (Å²) < 4.78 is 10.9. The zero-order chi connectivity index (χ0) is 24.5. The second-order valence-corrected chi connectivity index (χ2v) is 10.4. The number of nitrogens with zero attached hydrogens (tertiary/aromatic N) is 4. The maximum absolute atomic E-state index is 12.1. The summed E-state index contributed by atoms with van der Waals surface area (Å²) in [6, 6.07) is 14.0. The number of aliphatic carboxylic acids is 1. The third kappa shape index (κ3) is 5.09. The maximum atomic E-state index is 12.1. The normalized spacial score (nSPS) is 18.1. The van der Waals surface area contributed by atoms with Crippen LogP contribution in [0.15, 0.2) is 53.1 Å². The van der Waals surface area contributed by atoms with Crippen LogP contribution < -0.4 is 4.74 Å². The lowest BCUT2D eigenvalue weighted by molar-refractivity contribution is -0.143. The first kappa shape index (κ1) is 23.9. The minimum atomic E-state index is -0.742. The maximum Gasteiger partial charge on any atom is 0.307 e. The largest absolute Gasteiger partial charge is 0.487 e. The molecule has 0 saturated heterocycles. The smallest absolute Gasteiger partial charge is 0.307 e. The molecule has 1 N–H and O–H groups in total. The zero-order valence-electron chi connectivity index (χ0n) is 19.3. The summed E-state index contributed by atoms with van der Waals surface area (Å²) >= 11 is 9.73. The molecule has 5 rings (SSSR count). The van der Waals surface area contributed by atoms with Crippen LogP contribution in [0.25, 0.3) is 11.0 Å². The van der Waals surface area contributed by atoms with Crippen molar-refractivity contribution in [3.8, 4) is 5.75 Å². The Balaban J connectivity index is 1.54. The van der Waals surface area contributed by atoms with Crippen LogP contribution in [0.4, 0.5) is 0 Å². The Kier molecular flexibility index (Phi) is 6.84. The van der Waals surface area contributed by atoms with Crippen LogP contribution in [0.5, 0.6) is 5.75 Å². The molecule has 2 heterocycles.